The van der Waals surface area contributed by atoms with Gasteiger partial charge in [0, 0.05) is 44.0 Å². The van der Waals surface area contributed by atoms with Gasteiger partial charge in [-0.3, -0.25) is 0 Å². The normalized spacial score (nSPS) is 18.4. The Kier molecular flexibility index (Phi) is 5.13. The van der Waals surface area contributed by atoms with Crippen LogP contribution in [0.1, 0.15) is 13.8 Å². The zero-order chi connectivity index (χ0) is 18.9. The highest BCUT2D eigenvalue weighted by Gasteiger charge is 2.31. The molecular formula is C18H23FN4O2S. The fraction of sp³-hybridized carbons (Fsp3) is 0.444. The topological polar surface area (TPSA) is 66.4 Å². The number of benzene rings is 1. The Bertz CT molecular complexity index is 874. The van der Waals surface area contributed by atoms with Crippen LogP contribution in [-0.4, -0.2) is 50.3 Å². The van der Waals surface area contributed by atoms with Crippen LogP contribution in [0.25, 0.3) is 0 Å². The Morgan fingerprint density at radius 3 is 2.50 bits per heavy atom. The summed E-state index contributed by atoms with van der Waals surface area (Å²) >= 11 is 0. The largest absolute Gasteiger partial charge is 0.368 e. The van der Waals surface area contributed by atoms with E-state index in [1.54, 1.807) is 24.5 Å². The van der Waals surface area contributed by atoms with Crippen molar-refractivity contribution in [3.63, 3.8) is 0 Å². The van der Waals surface area contributed by atoms with E-state index in [-0.39, 0.29) is 10.9 Å². The lowest BCUT2D eigenvalue weighted by molar-refractivity contribution is 0.413. The number of hydrogen-bond donors (Lipinski definition) is 0. The summed E-state index contributed by atoms with van der Waals surface area (Å²) in [6.07, 6.45) is 4.48. The van der Waals surface area contributed by atoms with Crippen LogP contribution in [-0.2, 0) is 9.84 Å². The number of nitrogens with zero attached hydrogens (tertiary/aromatic N) is 4. The quantitative estimate of drug-likeness (QED) is 0.814. The third-order valence-electron chi connectivity index (χ3n) is 4.68. The van der Waals surface area contributed by atoms with E-state index in [1.807, 2.05) is 0 Å². The molecule has 0 radical (unpaired) electrons. The van der Waals surface area contributed by atoms with E-state index in [4.69, 9.17) is 0 Å². The molecule has 26 heavy (non-hydrogen) atoms. The molecule has 1 aliphatic rings. The fourth-order valence-electron chi connectivity index (χ4n) is 3.28. The molecule has 1 saturated heterocycles. The molecule has 0 amide bonds. The summed E-state index contributed by atoms with van der Waals surface area (Å²) in [7, 11) is -3.61. The first kappa shape index (κ1) is 18.6. The van der Waals surface area contributed by atoms with Crippen molar-refractivity contribution in [3.8, 4) is 0 Å². The molecule has 0 aliphatic carbocycles. The maximum Gasteiger partial charge on any atom is 0.225 e. The van der Waals surface area contributed by atoms with E-state index in [0.29, 0.717) is 37.2 Å². The van der Waals surface area contributed by atoms with Crippen LogP contribution in [0.15, 0.2) is 41.6 Å². The van der Waals surface area contributed by atoms with Crippen LogP contribution in [0, 0.1) is 11.7 Å². The lowest BCUT2D eigenvalue weighted by Gasteiger charge is -2.44. The molecule has 3 rings (SSSR count). The van der Waals surface area contributed by atoms with Crippen molar-refractivity contribution in [2.24, 2.45) is 5.92 Å². The highest BCUT2D eigenvalue weighted by atomic mass is 32.2. The van der Waals surface area contributed by atoms with Gasteiger partial charge in [0.1, 0.15) is 10.7 Å². The fourth-order valence-corrected chi connectivity index (χ4v) is 4.03. The standard InChI is InChI=1S/C18H23FN4O2S/c1-13(2)16-12-22(9-10-23(16)18-20-7-4-8-21-18)14-5-6-15(19)17(11-14)26(3,24)25/h4-8,11,13,16H,9-10,12H2,1-3H3/t16-/m0/s1. The average molecular weight is 378 g/mol. The maximum atomic E-state index is 13.9. The summed E-state index contributed by atoms with van der Waals surface area (Å²) in [5.41, 5.74) is 0.714. The number of rotatable bonds is 4. The summed E-state index contributed by atoms with van der Waals surface area (Å²) in [4.78, 5) is 12.7. The van der Waals surface area contributed by atoms with Crippen molar-refractivity contribution in [1.29, 1.82) is 0 Å². The number of anilines is 2. The average Bonchev–Trinajstić information content (AvgIpc) is 2.61. The van der Waals surface area contributed by atoms with Gasteiger partial charge in [0.25, 0.3) is 0 Å². The highest BCUT2D eigenvalue weighted by molar-refractivity contribution is 7.90. The molecule has 1 aromatic carbocycles. The van der Waals surface area contributed by atoms with Gasteiger partial charge in [0.2, 0.25) is 5.95 Å². The van der Waals surface area contributed by atoms with Gasteiger partial charge in [0.15, 0.2) is 9.84 Å². The SMILES string of the molecule is CC(C)[C@@H]1CN(c2ccc(F)c(S(C)(=O)=O)c2)CCN1c1ncccn1. The lowest BCUT2D eigenvalue weighted by atomic mass is 9.99. The van der Waals surface area contributed by atoms with Crippen LogP contribution < -0.4 is 9.80 Å². The molecule has 0 bridgehead atoms. The first-order valence-electron chi connectivity index (χ1n) is 8.55. The minimum absolute atomic E-state index is 0.165. The third-order valence-corrected chi connectivity index (χ3v) is 5.79. The van der Waals surface area contributed by atoms with Crippen molar-refractivity contribution in [2.45, 2.75) is 24.8 Å². The van der Waals surface area contributed by atoms with Crippen molar-refractivity contribution in [2.75, 3.05) is 35.7 Å². The van der Waals surface area contributed by atoms with Crippen LogP contribution in [0.3, 0.4) is 0 Å². The summed E-state index contributed by atoms with van der Waals surface area (Å²) in [6.45, 7) is 6.34. The molecule has 2 heterocycles. The number of hydrogen-bond acceptors (Lipinski definition) is 6. The molecule has 1 aromatic heterocycles. The predicted octanol–water partition coefficient (Wildman–Crippen LogP) is 2.37. The van der Waals surface area contributed by atoms with E-state index < -0.39 is 15.7 Å². The molecule has 0 unspecified atom stereocenters. The highest BCUT2D eigenvalue weighted by Crippen LogP contribution is 2.28. The van der Waals surface area contributed by atoms with Gasteiger partial charge in [-0.15, -0.1) is 0 Å². The molecule has 1 aliphatic heterocycles. The summed E-state index contributed by atoms with van der Waals surface area (Å²) < 4.78 is 37.5. The van der Waals surface area contributed by atoms with Crippen LogP contribution in [0.4, 0.5) is 16.0 Å². The monoisotopic (exact) mass is 378 g/mol. The van der Waals surface area contributed by atoms with Gasteiger partial charge in [-0.25, -0.2) is 22.8 Å². The summed E-state index contributed by atoms with van der Waals surface area (Å²) in [5, 5.41) is 0. The van der Waals surface area contributed by atoms with Gasteiger partial charge in [-0.05, 0) is 30.2 Å². The van der Waals surface area contributed by atoms with Crippen molar-refractivity contribution in [1.82, 2.24) is 9.97 Å². The smallest absolute Gasteiger partial charge is 0.225 e. The Morgan fingerprint density at radius 1 is 1.19 bits per heavy atom. The Hall–Kier alpha value is -2.22. The Morgan fingerprint density at radius 2 is 1.88 bits per heavy atom. The first-order valence-corrected chi connectivity index (χ1v) is 10.4. The van der Waals surface area contributed by atoms with E-state index in [1.165, 1.54) is 12.1 Å². The number of sulfone groups is 1. The van der Waals surface area contributed by atoms with Gasteiger partial charge in [0.05, 0.1) is 6.04 Å². The van der Waals surface area contributed by atoms with Crippen molar-refractivity contribution < 1.29 is 12.8 Å². The maximum absolute atomic E-state index is 13.9. The van der Waals surface area contributed by atoms with Crippen molar-refractivity contribution >= 4 is 21.5 Å². The van der Waals surface area contributed by atoms with Crippen LogP contribution in [0.2, 0.25) is 0 Å². The summed E-state index contributed by atoms with van der Waals surface area (Å²) in [5.74, 6) is 0.325. The van der Waals surface area contributed by atoms with E-state index in [2.05, 4.69) is 33.6 Å². The lowest BCUT2D eigenvalue weighted by Crippen LogP contribution is -2.56. The van der Waals surface area contributed by atoms with Crippen molar-refractivity contribution in [3.05, 3.63) is 42.5 Å². The molecule has 6 nitrogen and oxygen atoms in total. The van der Waals surface area contributed by atoms with Gasteiger partial charge in [-0.1, -0.05) is 13.8 Å². The Balaban J connectivity index is 1.88. The molecule has 140 valence electrons. The molecule has 8 heteroatoms. The Labute approximate surface area is 153 Å². The van der Waals surface area contributed by atoms with Gasteiger partial charge in [-0.2, -0.15) is 0 Å². The van der Waals surface area contributed by atoms with Crippen LogP contribution in [0.5, 0.6) is 0 Å². The third kappa shape index (κ3) is 3.80. The molecular weight excluding hydrogens is 355 g/mol. The molecule has 0 N–H and O–H groups in total. The molecule has 0 saturated carbocycles. The predicted molar refractivity (Wildman–Crippen MR) is 99.7 cm³/mol. The first-order chi connectivity index (χ1) is 12.3. The number of aromatic nitrogens is 2. The molecule has 1 atom stereocenters. The molecule has 1 fully saturated rings. The van der Waals surface area contributed by atoms with Gasteiger partial charge < -0.3 is 9.80 Å². The zero-order valence-electron chi connectivity index (χ0n) is 15.1. The second-order valence-electron chi connectivity index (χ2n) is 6.89. The molecule has 2 aromatic rings. The second-order valence-corrected chi connectivity index (χ2v) is 8.87. The number of piperazine rings is 1. The minimum Gasteiger partial charge on any atom is -0.368 e. The van der Waals surface area contributed by atoms with E-state index in [0.717, 1.165) is 6.26 Å². The van der Waals surface area contributed by atoms with Crippen LogP contribution >= 0.6 is 0 Å². The second kappa shape index (κ2) is 7.19. The van der Waals surface area contributed by atoms with E-state index in [9.17, 15) is 12.8 Å². The summed E-state index contributed by atoms with van der Waals surface area (Å²) in [6, 6.07) is 6.24. The zero-order valence-corrected chi connectivity index (χ0v) is 15.9. The van der Waals surface area contributed by atoms with Gasteiger partial charge >= 0.3 is 0 Å². The van der Waals surface area contributed by atoms with E-state index >= 15 is 0 Å². The minimum atomic E-state index is -3.61. The molecule has 0 spiro atoms. The number of halogens is 1.